The Kier molecular flexibility index (Phi) is 2.89. The molecule has 5 nitrogen and oxygen atoms in total. The lowest BCUT2D eigenvalue weighted by Gasteiger charge is -1.96. The summed E-state index contributed by atoms with van der Waals surface area (Å²) in [4.78, 5) is 13.8. The SMILES string of the molecule is O=NC/C(=N\O)c1ccccn1. The van der Waals surface area contributed by atoms with Crippen molar-refractivity contribution in [3.8, 4) is 0 Å². The van der Waals surface area contributed by atoms with Crippen molar-refractivity contribution in [1.29, 1.82) is 0 Å². The van der Waals surface area contributed by atoms with Crippen LogP contribution in [0.1, 0.15) is 5.69 Å². The molecule has 1 N–H and O–H groups in total. The predicted molar refractivity (Wildman–Crippen MR) is 43.2 cm³/mol. The molecule has 12 heavy (non-hydrogen) atoms. The molecule has 0 aliphatic rings. The molecule has 0 spiro atoms. The molecule has 0 amide bonds. The molecule has 5 heteroatoms. The molecule has 0 atom stereocenters. The first kappa shape index (κ1) is 8.32. The summed E-state index contributed by atoms with van der Waals surface area (Å²) < 4.78 is 0. The molecular formula is C7H7N3O2. The van der Waals surface area contributed by atoms with Gasteiger partial charge in [-0.05, 0) is 12.1 Å². The van der Waals surface area contributed by atoms with Gasteiger partial charge in [-0.3, -0.25) is 4.98 Å². The highest BCUT2D eigenvalue weighted by Crippen LogP contribution is 1.96. The van der Waals surface area contributed by atoms with Crippen LogP contribution >= 0.6 is 0 Å². The lowest BCUT2D eigenvalue weighted by atomic mass is 10.2. The van der Waals surface area contributed by atoms with Crippen LogP contribution in [0.5, 0.6) is 0 Å². The minimum Gasteiger partial charge on any atom is -0.411 e. The average Bonchev–Trinajstić information content (AvgIpc) is 2.15. The Morgan fingerprint density at radius 2 is 2.42 bits per heavy atom. The van der Waals surface area contributed by atoms with E-state index in [4.69, 9.17) is 5.21 Å². The molecule has 1 aromatic rings. The molecule has 0 aliphatic carbocycles. The third kappa shape index (κ3) is 1.85. The van der Waals surface area contributed by atoms with E-state index >= 15 is 0 Å². The molecule has 0 bridgehead atoms. The molecule has 0 saturated carbocycles. The smallest absolute Gasteiger partial charge is 0.130 e. The highest BCUT2D eigenvalue weighted by atomic mass is 16.4. The quantitative estimate of drug-likeness (QED) is 0.314. The number of oxime groups is 1. The van der Waals surface area contributed by atoms with Crippen LogP contribution in [0.15, 0.2) is 34.7 Å². The standard InChI is InChI=1S/C7H7N3O2/c11-9-5-7(10-12)6-3-1-2-4-8-6/h1-4,12H,5H2/b10-7+. The second kappa shape index (κ2) is 4.17. The molecule has 1 rings (SSSR count). The van der Waals surface area contributed by atoms with Crippen molar-refractivity contribution in [2.24, 2.45) is 10.3 Å². The number of rotatable bonds is 3. The Morgan fingerprint density at radius 3 is 2.92 bits per heavy atom. The molecular weight excluding hydrogens is 158 g/mol. The largest absolute Gasteiger partial charge is 0.411 e. The number of aromatic nitrogens is 1. The first-order valence-electron chi connectivity index (χ1n) is 3.30. The topological polar surface area (TPSA) is 74.9 Å². The Balaban J connectivity index is 2.88. The lowest BCUT2D eigenvalue weighted by molar-refractivity contribution is 0.318. The van der Waals surface area contributed by atoms with Crippen molar-refractivity contribution in [1.82, 2.24) is 4.98 Å². The van der Waals surface area contributed by atoms with Gasteiger partial charge in [-0.25, -0.2) is 0 Å². The van der Waals surface area contributed by atoms with Crippen molar-refractivity contribution in [2.45, 2.75) is 0 Å². The molecule has 0 aliphatic heterocycles. The second-order valence-electron chi connectivity index (χ2n) is 2.05. The van der Waals surface area contributed by atoms with E-state index in [2.05, 4.69) is 15.3 Å². The van der Waals surface area contributed by atoms with Gasteiger partial charge in [0.15, 0.2) is 0 Å². The average molecular weight is 165 g/mol. The summed E-state index contributed by atoms with van der Waals surface area (Å²) in [6, 6.07) is 5.10. The van der Waals surface area contributed by atoms with E-state index in [1.54, 1.807) is 24.4 Å². The van der Waals surface area contributed by atoms with E-state index in [1.807, 2.05) is 0 Å². The molecule has 1 heterocycles. The zero-order valence-corrected chi connectivity index (χ0v) is 6.21. The van der Waals surface area contributed by atoms with Crippen LogP contribution in [-0.2, 0) is 0 Å². The number of pyridine rings is 1. The van der Waals surface area contributed by atoms with Crippen LogP contribution in [0.25, 0.3) is 0 Å². The van der Waals surface area contributed by atoms with Crippen molar-refractivity contribution < 1.29 is 5.21 Å². The van der Waals surface area contributed by atoms with Gasteiger partial charge in [0.1, 0.15) is 12.3 Å². The van der Waals surface area contributed by atoms with Gasteiger partial charge in [0.05, 0.1) is 5.69 Å². The van der Waals surface area contributed by atoms with Crippen LogP contribution in [0.2, 0.25) is 0 Å². The van der Waals surface area contributed by atoms with Gasteiger partial charge in [-0.15, -0.1) is 0 Å². The Labute approximate surface area is 68.7 Å². The van der Waals surface area contributed by atoms with Crippen LogP contribution in [0, 0.1) is 4.91 Å². The minimum absolute atomic E-state index is 0.172. The summed E-state index contributed by atoms with van der Waals surface area (Å²) in [6.45, 7) is -0.173. The maximum absolute atomic E-state index is 9.88. The fourth-order valence-electron chi connectivity index (χ4n) is 0.758. The summed E-state index contributed by atoms with van der Waals surface area (Å²) >= 11 is 0. The third-order valence-corrected chi connectivity index (χ3v) is 1.30. The van der Waals surface area contributed by atoms with Gasteiger partial charge >= 0.3 is 0 Å². The maximum atomic E-state index is 9.88. The number of nitroso groups, excluding NO2 is 1. The van der Waals surface area contributed by atoms with E-state index in [9.17, 15) is 4.91 Å². The first-order chi connectivity index (χ1) is 5.88. The van der Waals surface area contributed by atoms with E-state index in [1.165, 1.54) is 0 Å². The van der Waals surface area contributed by atoms with Gasteiger partial charge in [0.2, 0.25) is 0 Å². The number of hydrogen-bond donors (Lipinski definition) is 1. The Bertz CT molecular complexity index is 284. The van der Waals surface area contributed by atoms with Crippen LogP contribution in [0.3, 0.4) is 0 Å². The second-order valence-corrected chi connectivity index (χ2v) is 2.05. The number of nitrogens with zero attached hydrogens (tertiary/aromatic N) is 3. The Hall–Kier alpha value is -1.78. The van der Waals surface area contributed by atoms with Gasteiger partial charge in [-0.2, -0.15) is 4.91 Å². The van der Waals surface area contributed by atoms with Crippen LogP contribution < -0.4 is 0 Å². The third-order valence-electron chi connectivity index (χ3n) is 1.30. The van der Waals surface area contributed by atoms with E-state index in [0.717, 1.165) is 0 Å². The highest BCUT2D eigenvalue weighted by molar-refractivity contribution is 6.00. The fourth-order valence-corrected chi connectivity index (χ4v) is 0.758. The van der Waals surface area contributed by atoms with Gasteiger partial charge in [0.25, 0.3) is 0 Å². The minimum atomic E-state index is -0.173. The summed E-state index contributed by atoms with van der Waals surface area (Å²) in [5, 5.41) is 14.0. The molecule has 0 fully saturated rings. The lowest BCUT2D eigenvalue weighted by Crippen LogP contribution is -2.06. The molecule has 0 unspecified atom stereocenters. The highest BCUT2D eigenvalue weighted by Gasteiger charge is 2.03. The van der Waals surface area contributed by atoms with Crippen LogP contribution in [0.4, 0.5) is 0 Å². The molecule has 1 aromatic heterocycles. The summed E-state index contributed by atoms with van der Waals surface area (Å²) in [7, 11) is 0. The van der Waals surface area contributed by atoms with Crippen molar-refractivity contribution >= 4 is 5.71 Å². The van der Waals surface area contributed by atoms with Crippen LogP contribution in [-0.4, -0.2) is 22.4 Å². The number of hydrogen-bond acceptors (Lipinski definition) is 5. The first-order valence-corrected chi connectivity index (χ1v) is 3.30. The fraction of sp³-hybridized carbons (Fsp3) is 0.143. The normalized spacial score (nSPS) is 11.2. The predicted octanol–water partition coefficient (Wildman–Crippen LogP) is 1.03. The Morgan fingerprint density at radius 1 is 1.58 bits per heavy atom. The van der Waals surface area contributed by atoms with Gasteiger partial charge < -0.3 is 5.21 Å². The van der Waals surface area contributed by atoms with Crippen molar-refractivity contribution in [3.05, 3.63) is 35.0 Å². The van der Waals surface area contributed by atoms with Gasteiger partial charge in [0, 0.05) is 6.20 Å². The van der Waals surface area contributed by atoms with E-state index < -0.39 is 0 Å². The molecule has 62 valence electrons. The summed E-state index contributed by atoms with van der Waals surface area (Å²) in [5.41, 5.74) is 0.630. The van der Waals surface area contributed by atoms with E-state index in [-0.39, 0.29) is 12.3 Å². The zero-order valence-electron chi connectivity index (χ0n) is 6.21. The zero-order chi connectivity index (χ0) is 8.81. The molecule has 0 saturated heterocycles. The maximum Gasteiger partial charge on any atom is 0.130 e. The summed E-state index contributed by atoms with van der Waals surface area (Å²) in [6.07, 6.45) is 1.55. The van der Waals surface area contributed by atoms with Crippen molar-refractivity contribution in [2.75, 3.05) is 6.54 Å². The molecule has 0 radical (unpaired) electrons. The van der Waals surface area contributed by atoms with Crippen molar-refractivity contribution in [3.63, 3.8) is 0 Å². The summed E-state index contributed by atoms with van der Waals surface area (Å²) in [5.74, 6) is 0. The van der Waals surface area contributed by atoms with E-state index in [0.29, 0.717) is 5.69 Å². The monoisotopic (exact) mass is 165 g/mol. The van der Waals surface area contributed by atoms with Gasteiger partial charge in [-0.1, -0.05) is 16.4 Å². The molecule has 0 aromatic carbocycles.